The maximum atomic E-state index is 12.0. The van der Waals surface area contributed by atoms with Crippen molar-refractivity contribution in [3.05, 3.63) is 48.0 Å². The standard InChI is InChI=1S/C19H18N2O6/c1-2-25-19(24)12-3-5-13(6-4-12)20-17(22)10-18(23)21-14-7-8-15-16(9-14)27-11-26-15/h3-9H,2,10-11H2,1H3,(H,20,22)(H,21,23). The molecule has 3 rings (SSSR count). The quantitative estimate of drug-likeness (QED) is 0.598. The Morgan fingerprint density at radius 1 is 0.926 bits per heavy atom. The highest BCUT2D eigenvalue weighted by atomic mass is 16.7. The fourth-order valence-corrected chi connectivity index (χ4v) is 2.43. The molecule has 2 aromatic rings. The van der Waals surface area contributed by atoms with Gasteiger partial charge in [0, 0.05) is 17.4 Å². The second-order valence-electron chi connectivity index (χ2n) is 5.64. The van der Waals surface area contributed by atoms with E-state index in [4.69, 9.17) is 14.2 Å². The van der Waals surface area contributed by atoms with Crippen molar-refractivity contribution in [2.45, 2.75) is 13.3 Å². The number of anilines is 2. The summed E-state index contributed by atoms with van der Waals surface area (Å²) in [5.74, 6) is -0.221. The molecule has 0 saturated heterocycles. The minimum atomic E-state index is -0.475. The van der Waals surface area contributed by atoms with Crippen molar-refractivity contribution in [1.82, 2.24) is 0 Å². The molecular formula is C19H18N2O6. The molecule has 0 spiro atoms. The van der Waals surface area contributed by atoms with Gasteiger partial charge in [0.25, 0.3) is 0 Å². The molecule has 2 amide bonds. The molecule has 140 valence electrons. The van der Waals surface area contributed by atoms with Crippen molar-refractivity contribution in [3.63, 3.8) is 0 Å². The van der Waals surface area contributed by atoms with E-state index in [-0.39, 0.29) is 19.8 Å². The number of hydrogen-bond donors (Lipinski definition) is 2. The smallest absolute Gasteiger partial charge is 0.338 e. The van der Waals surface area contributed by atoms with Gasteiger partial charge in [-0.15, -0.1) is 0 Å². The average Bonchev–Trinajstić information content (AvgIpc) is 3.10. The Hall–Kier alpha value is -3.55. The summed E-state index contributed by atoms with van der Waals surface area (Å²) in [5, 5.41) is 5.23. The van der Waals surface area contributed by atoms with Crippen molar-refractivity contribution in [2.75, 3.05) is 24.0 Å². The molecule has 2 aromatic carbocycles. The van der Waals surface area contributed by atoms with Crippen LogP contribution in [-0.2, 0) is 14.3 Å². The van der Waals surface area contributed by atoms with Gasteiger partial charge in [0.15, 0.2) is 11.5 Å². The number of amides is 2. The van der Waals surface area contributed by atoms with Crippen LogP contribution in [0.5, 0.6) is 11.5 Å². The van der Waals surface area contributed by atoms with Crippen LogP contribution in [0, 0.1) is 0 Å². The highest BCUT2D eigenvalue weighted by Gasteiger charge is 2.15. The van der Waals surface area contributed by atoms with Crippen LogP contribution in [0.25, 0.3) is 0 Å². The molecule has 0 aliphatic carbocycles. The Balaban J connectivity index is 1.51. The van der Waals surface area contributed by atoms with Gasteiger partial charge in [0.1, 0.15) is 6.42 Å². The third-order valence-electron chi connectivity index (χ3n) is 3.66. The van der Waals surface area contributed by atoms with Crippen molar-refractivity contribution >= 4 is 29.2 Å². The Bertz CT molecular complexity index is 863. The largest absolute Gasteiger partial charge is 0.462 e. The van der Waals surface area contributed by atoms with Gasteiger partial charge >= 0.3 is 5.97 Å². The van der Waals surface area contributed by atoms with Crippen LogP contribution in [0.2, 0.25) is 0 Å². The number of carbonyl (C=O) groups is 3. The summed E-state index contributed by atoms with van der Waals surface area (Å²) in [6, 6.07) is 11.2. The summed E-state index contributed by atoms with van der Waals surface area (Å²) in [4.78, 5) is 35.6. The molecule has 0 fully saturated rings. The Labute approximate surface area is 155 Å². The van der Waals surface area contributed by atoms with Crippen LogP contribution >= 0.6 is 0 Å². The third-order valence-corrected chi connectivity index (χ3v) is 3.66. The predicted molar refractivity (Wildman–Crippen MR) is 96.8 cm³/mol. The topological polar surface area (TPSA) is 103 Å². The molecule has 2 N–H and O–H groups in total. The van der Waals surface area contributed by atoms with Crippen LogP contribution in [-0.4, -0.2) is 31.2 Å². The first kappa shape index (κ1) is 18.2. The lowest BCUT2D eigenvalue weighted by molar-refractivity contribution is -0.123. The van der Waals surface area contributed by atoms with Crippen LogP contribution < -0.4 is 20.1 Å². The van der Waals surface area contributed by atoms with Gasteiger partial charge in [-0.1, -0.05) is 0 Å². The molecule has 8 heteroatoms. The highest BCUT2D eigenvalue weighted by Crippen LogP contribution is 2.34. The van der Waals surface area contributed by atoms with E-state index in [1.807, 2.05) is 0 Å². The van der Waals surface area contributed by atoms with E-state index in [9.17, 15) is 14.4 Å². The molecule has 0 bridgehead atoms. The van der Waals surface area contributed by atoms with Crippen LogP contribution in [0.4, 0.5) is 11.4 Å². The number of nitrogens with one attached hydrogen (secondary N) is 2. The van der Waals surface area contributed by atoms with Gasteiger partial charge in [0.05, 0.1) is 12.2 Å². The lowest BCUT2D eigenvalue weighted by Gasteiger charge is -2.08. The fraction of sp³-hybridized carbons (Fsp3) is 0.211. The van der Waals surface area contributed by atoms with E-state index in [0.717, 1.165) is 0 Å². The summed E-state index contributed by atoms with van der Waals surface area (Å²) in [6.45, 7) is 2.15. The molecule has 0 unspecified atom stereocenters. The van der Waals surface area contributed by atoms with Gasteiger partial charge in [-0.2, -0.15) is 0 Å². The normalized spacial score (nSPS) is 11.6. The second kappa shape index (κ2) is 8.22. The van der Waals surface area contributed by atoms with E-state index in [1.54, 1.807) is 49.4 Å². The number of carbonyl (C=O) groups excluding carboxylic acids is 3. The molecule has 0 saturated carbocycles. The SMILES string of the molecule is CCOC(=O)c1ccc(NC(=O)CC(=O)Nc2ccc3c(c2)OCO3)cc1. The molecular weight excluding hydrogens is 352 g/mol. The first-order valence-corrected chi connectivity index (χ1v) is 8.31. The first-order chi connectivity index (χ1) is 13.0. The zero-order valence-electron chi connectivity index (χ0n) is 14.6. The first-order valence-electron chi connectivity index (χ1n) is 8.31. The maximum absolute atomic E-state index is 12.0. The summed E-state index contributed by atoms with van der Waals surface area (Å²) < 4.78 is 15.3. The van der Waals surface area contributed by atoms with Gasteiger partial charge in [0.2, 0.25) is 18.6 Å². The minimum absolute atomic E-state index is 0.143. The lowest BCUT2D eigenvalue weighted by Crippen LogP contribution is -2.21. The number of rotatable bonds is 6. The van der Waals surface area contributed by atoms with Crippen LogP contribution in [0.15, 0.2) is 42.5 Å². The number of esters is 1. The van der Waals surface area contributed by atoms with Crippen molar-refractivity contribution in [3.8, 4) is 11.5 Å². The van der Waals surface area contributed by atoms with Crippen molar-refractivity contribution in [2.24, 2.45) is 0 Å². The zero-order valence-corrected chi connectivity index (χ0v) is 14.6. The minimum Gasteiger partial charge on any atom is -0.462 e. The van der Waals surface area contributed by atoms with Crippen LogP contribution in [0.1, 0.15) is 23.7 Å². The predicted octanol–water partition coefficient (Wildman–Crippen LogP) is 2.56. The van der Waals surface area contributed by atoms with Gasteiger partial charge < -0.3 is 24.8 Å². The van der Waals surface area contributed by atoms with E-state index < -0.39 is 17.8 Å². The summed E-state index contributed by atoms with van der Waals surface area (Å²) in [6.07, 6.45) is -0.353. The number of benzene rings is 2. The number of hydrogen-bond acceptors (Lipinski definition) is 6. The molecule has 0 atom stereocenters. The Morgan fingerprint density at radius 3 is 2.26 bits per heavy atom. The van der Waals surface area contributed by atoms with Crippen LogP contribution in [0.3, 0.4) is 0 Å². The molecule has 1 aliphatic rings. The third kappa shape index (κ3) is 4.75. The lowest BCUT2D eigenvalue weighted by atomic mass is 10.2. The number of ether oxygens (including phenoxy) is 3. The molecule has 1 heterocycles. The Morgan fingerprint density at radius 2 is 1.56 bits per heavy atom. The van der Waals surface area contributed by atoms with E-state index in [1.165, 1.54) is 0 Å². The average molecular weight is 370 g/mol. The second-order valence-corrected chi connectivity index (χ2v) is 5.64. The molecule has 1 aliphatic heterocycles. The molecule has 0 radical (unpaired) electrons. The van der Waals surface area contributed by atoms with Gasteiger partial charge in [-0.3, -0.25) is 9.59 Å². The molecule has 0 aromatic heterocycles. The van der Waals surface area contributed by atoms with Crippen molar-refractivity contribution in [1.29, 1.82) is 0 Å². The van der Waals surface area contributed by atoms with Crippen molar-refractivity contribution < 1.29 is 28.6 Å². The fourth-order valence-electron chi connectivity index (χ4n) is 2.43. The summed E-state index contributed by atoms with van der Waals surface area (Å²) in [7, 11) is 0. The monoisotopic (exact) mass is 370 g/mol. The Kier molecular flexibility index (Phi) is 5.55. The van der Waals surface area contributed by atoms with Gasteiger partial charge in [-0.25, -0.2) is 4.79 Å². The maximum Gasteiger partial charge on any atom is 0.338 e. The van der Waals surface area contributed by atoms with E-state index >= 15 is 0 Å². The highest BCUT2D eigenvalue weighted by molar-refractivity contribution is 6.08. The van der Waals surface area contributed by atoms with E-state index in [2.05, 4.69) is 10.6 Å². The molecule has 27 heavy (non-hydrogen) atoms. The van der Waals surface area contributed by atoms with E-state index in [0.29, 0.717) is 28.4 Å². The molecule has 8 nitrogen and oxygen atoms in total. The summed E-state index contributed by atoms with van der Waals surface area (Å²) >= 11 is 0. The zero-order chi connectivity index (χ0) is 19.2. The van der Waals surface area contributed by atoms with Gasteiger partial charge in [-0.05, 0) is 43.3 Å². The summed E-state index contributed by atoms with van der Waals surface area (Å²) in [5.41, 5.74) is 1.37. The number of fused-ring (bicyclic) bond motifs is 1.